The Morgan fingerprint density at radius 1 is 1.04 bits per heavy atom. The third-order valence-electron chi connectivity index (χ3n) is 3.80. The first kappa shape index (κ1) is 17.0. The number of rotatable bonds is 5. The van der Waals surface area contributed by atoms with Gasteiger partial charge in [-0.25, -0.2) is 4.98 Å². The van der Waals surface area contributed by atoms with Gasteiger partial charge in [-0.05, 0) is 42.3 Å². The normalized spacial score (nSPS) is 10.3. The van der Waals surface area contributed by atoms with Gasteiger partial charge in [0.15, 0.2) is 0 Å². The molecule has 3 rings (SSSR count). The Labute approximate surface area is 151 Å². The van der Waals surface area contributed by atoms with Crippen LogP contribution in [0.15, 0.2) is 66.9 Å². The van der Waals surface area contributed by atoms with Crippen molar-refractivity contribution in [3.05, 3.63) is 83.0 Å². The van der Waals surface area contributed by atoms with Crippen molar-refractivity contribution in [2.75, 3.05) is 10.6 Å². The van der Waals surface area contributed by atoms with Gasteiger partial charge in [-0.3, -0.25) is 4.79 Å². The first-order valence-electron chi connectivity index (χ1n) is 7.94. The summed E-state index contributed by atoms with van der Waals surface area (Å²) in [6, 6.07) is 18.9. The molecule has 1 heterocycles. The molecule has 0 aliphatic heterocycles. The predicted octanol–water partition coefficient (Wildman–Crippen LogP) is 4.97. The van der Waals surface area contributed by atoms with Crippen LogP contribution in [0.2, 0.25) is 5.02 Å². The van der Waals surface area contributed by atoms with Crippen LogP contribution in [-0.4, -0.2) is 10.9 Å². The molecule has 126 valence electrons. The predicted molar refractivity (Wildman–Crippen MR) is 102 cm³/mol. The van der Waals surface area contributed by atoms with Crippen LogP contribution >= 0.6 is 11.6 Å². The summed E-state index contributed by atoms with van der Waals surface area (Å²) in [5, 5.41) is 6.65. The van der Waals surface area contributed by atoms with E-state index in [-0.39, 0.29) is 5.91 Å². The first-order valence-corrected chi connectivity index (χ1v) is 8.31. The van der Waals surface area contributed by atoms with Crippen molar-refractivity contribution in [2.24, 2.45) is 0 Å². The number of amides is 1. The van der Waals surface area contributed by atoms with E-state index in [2.05, 4.69) is 15.6 Å². The smallest absolute Gasteiger partial charge is 0.229 e. The number of pyridine rings is 1. The van der Waals surface area contributed by atoms with E-state index in [0.717, 1.165) is 22.5 Å². The van der Waals surface area contributed by atoms with Crippen molar-refractivity contribution >= 4 is 34.7 Å². The van der Waals surface area contributed by atoms with Crippen LogP contribution in [0.4, 0.5) is 17.2 Å². The van der Waals surface area contributed by atoms with Crippen molar-refractivity contribution < 1.29 is 4.79 Å². The van der Waals surface area contributed by atoms with Crippen LogP contribution in [0.3, 0.4) is 0 Å². The number of halogens is 1. The number of hydrogen-bond acceptors (Lipinski definition) is 3. The van der Waals surface area contributed by atoms with Gasteiger partial charge in [0, 0.05) is 0 Å². The topological polar surface area (TPSA) is 54.0 Å². The Balaban J connectivity index is 1.62. The van der Waals surface area contributed by atoms with E-state index in [9.17, 15) is 4.79 Å². The van der Waals surface area contributed by atoms with Gasteiger partial charge in [0.25, 0.3) is 0 Å². The van der Waals surface area contributed by atoms with Gasteiger partial charge in [-0.15, -0.1) is 0 Å². The minimum absolute atomic E-state index is 0.0892. The number of aromatic nitrogens is 1. The average molecular weight is 352 g/mol. The SMILES string of the molecule is Cc1ccccc1CC(=O)Nc1ccc(Nc2ccccc2Cl)cn1. The van der Waals surface area contributed by atoms with Crippen LogP contribution in [0.1, 0.15) is 11.1 Å². The average Bonchev–Trinajstić information content (AvgIpc) is 2.61. The lowest BCUT2D eigenvalue weighted by Crippen LogP contribution is -2.15. The Bertz CT molecular complexity index is 878. The zero-order chi connectivity index (χ0) is 17.6. The van der Waals surface area contributed by atoms with E-state index in [1.165, 1.54) is 0 Å². The van der Waals surface area contributed by atoms with Crippen molar-refractivity contribution in [2.45, 2.75) is 13.3 Å². The number of benzene rings is 2. The second-order valence-electron chi connectivity index (χ2n) is 5.69. The van der Waals surface area contributed by atoms with Crippen LogP contribution in [0, 0.1) is 6.92 Å². The Kier molecular flexibility index (Phi) is 5.31. The molecule has 2 aromatic carbocycles. The monoisotopic (exact) mass is 351 g/mol. The maximum atomic E-state index is 12.2. The molecule has 0 bridgehead atoms. The Morgan fingerprint density at radius 2 is 1.80 bits per heavy atom. The zero-order valence-corrected chi connectivity index (χ0v) is 14.5. The number of carbonyl (C=O) groups is 1. The number of carbonyl (C=O) groups excluding carboxylic acids is 1. The fourth-order valence-corrected chi connectivity index (χ4v) is 2.61. The molecule has 0 saturated carbocycles. The molecule has 0 spiro atoms. The molecule has 25 heavy (non-hydrogen) atoms. The van der Waals surface area contributed by atoms with E-state index in [1.807, 2.05) is 61.5 Å². The molecule has 0 unspecified atom stereocenters. The number of hydrogen-bond donors (Lipinski definition) is 2. The molecule has 5 heteroatoms. The molecular formula is C20H18ClN3O. The van der Waals surface area contributed by atoms with E-state index in [4.69, 9.17) is 11.6 Å². The quantitative estimate of drug-likeness (QED) is 0.682. The lowest BCUT2D eigenvalue weighted by Gasteiger charge is -2.09. The number of nitrogens with zero attached hydrogens (tertiary/aromatic N) is 1. The van der Waals surface area contributed by atoms with Crippen LogP contribution < -0.4 is 10.6 Å². The fourth-order valence-electron chi connectivity index (χ4n) is 2.43. The van der Waals surface area contributed by atoms with Gasteiger partial charge < -0.3 is 10.6 Å². The third kappa shape index (κ3) is 4.58. The van der Waals surface area contributed by atoms with Gasteiger partial charge >= 0.3 is 0 Å². The van der Waals surface area contributed by atoms with Gasteiger partial charge in [-0.2, -0.15) is 0 Å². The second-order valence-corrected chi connectivity index (χ2v) is 6.10. The molecule has 1 aromatic heterocycles. The number of nitrogens with one attached hydrogen (secondary N) is 2. The van der Waals surface area contributed by atoms with Crippen molar-refractivity contribution in [3.63, 3.8) is 0 Å². The van der Waals surface area contributed by atoms with Gasteiger partial charge in [0.05, 0.1) is 29.0 Å². The van der Waals surface area contributed by atoms with Gasteiger partial charge in [0.1, 0.15) is 5.82 Å². The molecule has 0 atom stereocenters. The summed E-state index contributed by atoms with van der Waals surface area (Å²) in [6.45, 7) is 2.00. The van der Waals surface area contributed by atoms with Crippen molar-refractivity contribution in [3.8, 4) is 0 Å². The lowest BCUT2D eigenvalue weighted by molar-refractivity contribution is -0.115. The van der Waals surface area contributed by atoms with E-state index < -0.39 is 0 Å². The molecule has 0 aliphatic rings. The molecule has 0 aliphatic carbocycles. The summed E-state index contributed by atoms with van der Waals surface area (Å²) in [5.41, 5.74) is 3.72. The molecule has 3 aromatic rings. The van der Waals surface area contributed by atoms with Crippen LogP contribution in [0.25, 0.3) is 0 Å². The van der Waals surface area contributed by atoms with Gasteiger partial charge in [0.2, 0.25) is 5.91 Å². The summed E-state index contributed by atoms with van der Waals surface area (Å²) in [4.78, 5) is 16.4. The molecule has 1 amide bonds. The van der Waals surface area contributed by atoms with Gasteiger partial charge in [-0.1, -0.05) is 48.0 Å². The maximum Gasteiger partial charge on any atom is 0.229 e. The highest BCUT2D eigenvalue weighted by atomic mass is 35.5. The standard InChI is InChI=1S/C20H18ClN3O/c1-14-6-2-3-7-15(14)12-20(25)24-19-11-10-16(13-22-19)23-18-9-5-4-8-17(18)21/h2-11,13,23H,12H2,1H3,(H,22,24,25). The molecule has 2 N–H and O–H groups in total. The number of aryl methyl sites for hydroxylation is 1. The zero-order valence-electron chi connectivity index (χ0n) is 13.8. The highest BCUT2D eigenvalue weighted by Crippen LogP contribution is 2.24. The Hall–Kier alpha value is -2.85. The highest BCUT2D eigenvalue weighted by molar-refractivity contribution is 6.33. The molecule has 4 nitrogen and oxygen atoms in total. The summed E-state index contributed by atoms with van der Waals surface area (Å²) in [6.07, 6.45) is 1.99. The first-order chi connectivity index (χ1) is 12.1. The third-order valence-corrected chi connectivity index (χ3v) is 4.13. The number of para-hydroxylation sites is 1. The van der Waals surface area contributed by atoms with Crippen LogP contribution in [0.5, 0.6) is 0 Å². The summed E-state index contributed by atoms with van der Waals surface area (Å²) in [5.74, 6) is 0.428. The largest absolute Gasteiger partial charge is 0.353 e. The fraction of sp³-hybridized carbons (Fsp3) is 0.100. The molecular weight excluding hydrogens is 334 g/mol. The second kappa shape index (κ2) is 7.81. The number of anilines is 3. The molecule has 0 radical (unpaired) electrons. The van der Waals surface area contributed by atoms with E-state index in [1.54, 1.807) is 12.3 Å². The lowest BCUT2D eigenvalue weighted by atomic mass is 10.1. The van der Waals surface area contributed by atoms with E-state index in [0.29, 0.717) is 17.3 Å². The molecule has 0 saturated heterocycles. The minimum atomic E-state index is -0.0892. The van der Waals surface area contributed by atoms with Crippen LogP contribution in [-0.2, 0) is 11.2 Å². The summed E-state index contributed by atoms with van der Waals surface area (Å²) in [7, 11) is 0. The minimum Gasteiger partial charge on any atom is -0.353 e. The summed E-state index contributed by atoms with van der Waals surface area (Å²) < 4.78 is 0. The van der Waals surface area contributed by atoms with Crippen molar-refractivity contribution in [1.82, 2.24) is 4.98 Å². The maximum absolute atomic E-state index is 12.2. The van der Waals surface area contributed by atoms with Crippen molar-refractivity contribution in [1.29, 1.82) is 0 Å². The van der Waals surface area contributed by atoms with E-state index >= 15 is 0 Å². The summed E-state index contributed by atoms with van der Waals surface area (Å²) >= 11 is 6.12. The molecule has 0 fully saturated rings. The highest BCUT2D eigenvalue weighted by Gasteiger charge is 2.07. The Morgan fingerprint density at radius 3 is 2.52 bits per heavy atom.